The van der Waals surface area contributed by atoms with Gasteiger partial charge in [-0.2, -0.15) is 0 Å². The molecule has 28 heavy (non-hydrogen) atoms. The zero-order valence-electron chi connectivity index (χ0n) is 16.9. The van der Waals surface area contributed by atoms with Crippen molar-refractivity contribution < 1.29 is 9.21 Å². The van der Waals surface area contributed by atoms with Crippen LogP contribution < -0.4 is 5.63 Å². The lowest BCUT2D eigenvalue weighted by Crippen LogP contribution is -2.35. The molecular formula is C23H30N2O3. The lowest BCUT2D eigenvalue weighted by molar-refractivity contribution is -0.129. The van der Waals surface area contributed by atoms with Gasteiger partial charge in [0.05, 0.1) is 0 Å². The Kier molecular flexibility index (Phi) is 5.54. The fourth-order valence-electron chi connectivity index (χ4n) is 4.92. The number of aryl methyl sites for hydroxylation is 1. The second-order valence-corrected chi connectivity index (χ2v) is 8.53. The number of benzene rings is 1. The fourth-order valence-corrected chi connectivity index (χ4v) is 4.92. The summed E-state index contributed by atoms with van der Waals surface area (Å²) in [6.45, 7) is 4.55. The smallest absolute Gasteiger partial charge is 0.336 e. The van der Waals surface area contributed by atoms with E-state index >= 15 is 0 Å². The zero-order chi connectivity index (χ0) is 19.7. The first-order chi connectivity index (χ1) is 13.5. The lowest BCUT2D eigenvalue weighted by atomic mass is 10.0. The molecule has 0 N–H and O–H groups in total. The highest BCUT2D eigenvalue weighted by atomic mass is 16.4. The second kappa shape index (κ2) is 8.08. The van der Waals surface area contributed by atoms with Crippen LogP contribution in [0, 0.1) is 5.92 Å². The molecule has 1 aliphatic carbocycles. The third kappa shape index (κ3) is 4.00. The van der Waals surface area contributed by atoms with Crippen molar-refractivity contribution in [3.05, 3.63) is 45.8 Å². The molecule has 0 radical (unpaired) electrons. The molecule has 1 saturated carbocycles. The van der Waals surface area contributed by atoms with E-state index in [1.54, 1.807) is 6.07 Å². The number of amides is 1. The van der Waals surface area contributed by atoms with Gasteiger partial charge in [0, 0.05) is 43.5 Å². The molecule has 1 aromatic carbocycles. The molecule has 0 spiro atoms. The van der Waals surface area contributed by atoms with Crippen molar-refractivity contribution in [2.45, 2.75) is 58.0 Å². The van der Waals surface area contributed by atoms with Gasteiger partial charge in [0.25, 0.3) is 0 Å². The van der Waals surface area contributed by atoms with Gasteiger partial charge in [-0.05, 0) is 55.5 Å². The number of fused-ring (bicyclic) bond motifs is 1. The van der Waals surface area contributed by atoms with Gasteiger partial charge in [-0.15, -0.1) is 0 Å². The minimum absolute atomic E-state index is 0.302. The van der Waals surface area contributed by atoms with E-state index in [-0.39, 0.29) is 5.63 Å². The van der Waals surface area contributed by atoms with Crippen LogP contribution in [0.3, 0.4) is 0 Å². The van der Waals surface area contributed by atoms with E-state index in [4.69, 9.17) is 4.42 Å². The maximum Gasteiger partial charge on any atom is 0.336 e. The van der Waals surface area contributed by atoms with Gasteiger partial charge < -0.3 is 14.2 Å². The van der Waals surface area contributed by atoms with E-state index < -0.39 is 0 Å². The number of likely N-dealkylation sites (tertiary alicyclic amines) is 1. The highest BCUT2D eigenvalue weighted by Crippen LogP contribution is 2.30. The normalized spacial score (nSPS) is 20.8. The topological polar surface area (TPSA) is 53.8 Å². The van der Waals surface area contributed by atoms with Crippen molar-refractivity contribution in [3.63, 3.8) is 0 Å². The molecule has 4 rings (SSSR count). The third-order valence-corrected chi connectivity index (χ3v) is 6.31. The summed E-state index contributed by atoms with van der Waals surface area (Å²) in [4.78, 5) is 28.8. The summed E-state index contributed by atoms with van der Waals surface area (Å²) in [5.74, 6) is 0.694. The quantitative estimate of drug-likeness (QED) is 0.717. The summed E-state index contributed by atoms with van der Waals surface area (Å²) >= 11 is 0. The van der Waals surface area contributed by atoms with Gasteiger partial charge in [0.1, 0.15) is 5.58 Å². The Labute approximate surface area is 166 Å². The number of rotatable bonds is 6. The van der Waals surface area contributed by atoms with Crippen LogP contribution in [-0.4, -0.2) is 41.9 Å². The molecule has 2 aliphatic rings. The fraction of sp³-hybridized carbons (Fsp3) is 0.565. The summed E-state index contributed by atoms with van der Waals surface area (Å²) in [6.07, 6.45) is 6.44. The van der Waals surface area contributed by atoms with Crippen LogP contribution in [0.2, 0.25) is 0 Å². The van der Waals surface area contributed by atoms with Crippen molar-refractivity contribution in [1.82, 2.24) is 9.80 Å². The summed E-state index contributed by atoms with van der Waals surface area (Å²) in [5, 5.41) is 1.01. The Morgan fingerprint density at radius 2 is 1.96 bits per heavy atom. The molecule has 2 heterocycles. The molecule has 5 nitrogen and oxygen atoms in total. The Morgan fingerprint density at radius 1 is 1.18 bits per heavy atom. The largest absolute Gasteiger partial charge is 0.423 e. The molecule has 1 unspecified atom stereocenters. The lowest BCUT2D eigenvalue weighted by Gasteiger charge is -2.25. The predicted octanol–water partition coefficient (Wildman–Crippen LogP) is 3.58. The van der Waals surface area contributed by atoms with Gasteiger partial charge in [-0.3, -0.25) is 4.79 Å². The molecule has 1 aromatic heterocycles. The van der Waals surface area contributed by atoms with Crippen molar-refractivity contribution in [2.75, 3.05) is 20.1 Å². The van der Waals surface area contributed by atoms with E-state index in [1.807, 2.05) is 12.1 Å². The molecule has 1 amide bonds. The average Bonchev–Trinajstić information content (AvgIpc) is 3.30. The molecule has 1 atom stereocenters. The Hall–Kier alpha value is -2.14. The molecule has 1 aliphatic heterocycles. The second-order valence-electron chi connectivity index (χ2n) is 8.53. The van der Waals surface area contributed by atoms with Crippen LogP contribution >= 0.6 is 0 Å². The number of hydrogen-bond acceptors (Lipinski definition) is 4. The SMILES string of the molecule is CCc1ccc2oc(=O)cc(CN(C)CC3CC(=O)N(C4CCCC4)C3)c2c1. The number of carbonyl (C=O) groups is 1. The number of carbonyl (C=O) groups excluding carboxylic acids is 1. The van der Waals surface area contributed by atoms with E-state index in [0.717, 1.165) is 30.5 Å². The average molecular weight is 383 g/mol. The minimum atomic E-state index is -0.302. The van der Waals surface area contributed by atoms with Crippen LogP contribution in [0.1, 0.15) is 50.2 Å². The maximum atomic E-state index is 12.5. The van der Waals surface area contributed by atoms with E-state index in [2.05, 4.69) is 29.8 Å². The van der Waals surface area contributed by atoms with E-state index in [9.17, 15) is 9.59 Å². The first kappa shape index (κ1) is 19.2. The highest BCUT2D eigenvalue weighted by molar-refractivity contribution is 5.81. The highest BCUT2D eigenvalue weighted by Gasteiger charge is 2.35. The minimum Gasteiger partial charge on any atom is -0.423 e. The van der Waals surface area contributed by atoms with Crippen molar-refractivity contribution in [3.8, 4) is 0 Å². The monoisotopic (exact) mass is 382 g/mol. The van der Waals surface area contributed by atoms with Crippen LogP contribution in [0.25, 0.3) is 11.0 Å². The summed E-state index contributed by atoms with van der Waals surface area (Å²) < 4.78 is 5.38. The summed E-state index contributed by atoms with van der Waals surface area (Å²) in [5.41, 5.74) is 2.58. The predicted molar refractivity (Wildman–Crippen MR) is 110 cm³/mol. The van der Waals surface area contributed by atoms with E-state index in [1.165, 1.54) is 31.2 Å². The molecule has 1 saturated heterocycles. The maximum absolute atomic E-state index is 12.5. The first-order valence-corrected chi connectivity index (χ1v) is 10.6. The molecule has 5 heteroatoms. The van der Waals surface area contributed by atoms with Gasteiger partial charge in [0.15, 0.2) is 0 Å². The summed E-state index contributed by atoms with van der Waals surface area (Å²) in [7, 11) is 2.08. The van der Waals surface area contributed by atoms with Gasteiger partial charge in [-0.1, -0.05) is 25.8 Å². The van der Waals surface area contributed by atoms with Gasteiger partial charge in [-0.25, -0.2) is 4.79 Å². The van der Waals surface area contributed by atoms with Crippen LogP contribution in [0.4, 0.5) is 0 Å². The Bertz CT molecular complexity index is 914. The van der Waals surface area contributed by atoms with Crippen molar-refractivity contribution >= 4 is 16.9 Å². The molecular weight excluding hydrogens is 352 g/mol. The molecule has 2 fully saturated rings. The van der Waals surface area contributed by atoms with Crippen LogP contribution in [0.5, 0.6) is 0 Å². The number of nitrogens with zero attached hydrogens (tertiary/aromatic N) is 2. The summed E-state index contributed by atoms with van der Waals surface area (Å²) in [6, 6.07) is 8.12. The zero-order valence-corrected chi connectivity index (χ0v) is 16.9. The van der Waals surface area contributed by atoms with Crippen molar-refractivity contribution in [1.29, 1.82) is 0 Å². The molecule has 2 aromatic rings. The first-order valence-electron chi connectivity index (χ1n) is 10.6. The molecule has 0 bridgehead atoms. The van der Waals surface area contributed by atoms with Crippen LogP contribution in [0.15, 0.2) is 33.5 Å². The Balaban J connectivity index is 1.46. The standard InChI is InChI=1S/C23H30N2O3/c1-3-16-8-9-21-20(10-16)18(12-23(27)28-21)15-24(2)13-17-11-22(26)25(14-17)19-6-4-5-7-19/h8-10,12,17,19H,3-7,11,13-15H2,1-2H3. The van der Waals surface area contributed by atoms with Gasteiger partial charge in [0.2, 0.25) is 5.91 Å². The van der Waals surface area contributed by atoms with E-state index in [0.29, 0.717) is 36.4 Å². The van der Waals surface area contributed by atoms with Crippen LogP contribution in [-0.2, 0) is 17.8 Å². The van der Waals surface area contributed by atoms with Gasteiger partial charge >= 0.3 is 5.63 Å². The number of hydrogen-bond donors (Lipinski definition) is 0. The Morgan fingerprint density at radius 3 is 2.71 bits per heavy atom. The molecule has 150 valence electrons. The third-order valence-electron chi connectivity index (χ3n) is 6.31. The van der Waals surface area contributed by atoms with Crippen molar-refractivity contribution in [2.24, 2.45) is 5.92 Å².